The van der Waals surface area contributed by atoms with E-state index in [2.05, 4.69) is 25.7 Å². The molecule has 1 aliphatic heterocycles. The van der Waals surface area contributed by atoms with Crippen LogP contribution in [0.2, 0.25) is 0 Å². The first kappa shape index (κ1) is 32.2. The van der Waals surface area contributed by atoms with Crippen LogP contribution in [0.15, 0.2) is 82.1 Å². The molecular weight excluding hydrogens is 590 g/mol. The van der Waals surface area contributed by atoms with Crippen LogP contribution in [0.25, 0.3) is 11.0 Å². The van der Waals surface area contributed by atoms with Gasteiger partial charge in [-0.3, -0.25) is 4.79 Å². The summed E-state index contributed by atoms with van der Waals surface area (Å²) in [6.45, 7) is 10.8. The van der Waals surface area contributed by atoms with Crippen molar-refractivity contribution in [1.82, 2.24) is 9.21 Å². The number of carbonyl (C=O) groups is 2. The Kier molecular flexibility index (Phi) is 9.36. The Hall–Kier alpha value is -4.15. The minimum Gasteiger partial charge on any atom is -0.475 e. The number of carbonyl (C=O) groups excluding carboxylic acids is 1. The van der Waals surface area contributed by atoms with Gasteiger partial charge in [0.2, 0.25) is 21.7 Å². The number of anilines is 1. The molecule has 2 heterocycles. The minimum absolute atomic E-state index is 0.0745. The summed E-state index contributed by atoms with van der Waals surface area (Å²) in [4.78, 5) is 28.7. The van der Waals surface area contributed by atoms with E-state index in [0.717, 1.165) is 16.8 Å². The Morgan fingerprint density at radius 1 is 0.933 bits per heavy atom. The molecule has 45 heavy (non-hydrogen) atoms. The number of amides is 1. The molecule has 238 valence electrons. The van der Waals surface area contributed by atoms with E-state index in [1.165, 1.54) is 22.5 Å². The second-order valence-electron chi connectivity index (χ2n) is 12.8. The van der Waals surface area contributed by atoms with Gasteiger partial charge in [0.15, 0.2) is 0 Å². The third-order valence-electron chi connectivity index (χ3n) is 8.23. The molecule has 9 nitrogen and oxygen atoms in total. The topological polar surface area (TPSA) is 111 Å². The molecule has 1 saturated heterocycles. The van der Waals surface area contributed by atoms with Crippen molar-refractivity contribution in [3.05, 3.63) is 95.2 Å². The van der Waals surface area contributed by atoms with Crippen LogP contribution in [0.4, 0.5) is 5.69 Å². The molecule has 0 aliphatic carbocycles. The summed E-state index contributed by atoms with van der Waals surface area (Å²) in [7, 11) is -4.00. The molecule has 0 spiro atoms. The fourth-order valence-electron chi connectivity index (χ4n) is 5.80. The van der Waals surface area contributed by atoms with E-state index < -0.39 is 16.0 Å². The summed E-state index contributed by atoms with van der Waals surface area (Å²) in [5, 5.41) is 9.96. The van der Waals surface area contributed by atoms with E-state index in [-0.39, 0.29) is 35.1 Å². The number of carboxylic acids is 1. The highest BCUT2D eigenvalue weighted by Gasteiger charge is 2.29. The van der Waals surface area contributed by atoms with Gasteiger partial charge >= 0.3 is 5.97 Å². The lowest BCUT2D eigenvalue weighted by Gasteiger charge is -2.38. The quantitative estimate of drug-likeness (QED) is 0.230. The van der Waals surface area contributed by atoms with E-state index in [9.17, 15) is 23.1 Å². The van der Waals surface area contributed by atoms with Crippen LogP contribution < -0.4 is 4.90 Å². The largest absolute Gasteiger partial charge is 0.475 e. The maximum absolute atomic E-state index is 14.3. The number of aryl methyl sites for hydroxylation is 1. The van der Waals surface area contributed by atoms with Crippen LogP contribution in [0, 0.1) is 12.3 Å². The van der Waals surface area contributed by atoms with Crippen molar-refractivity contribution in [2.24, 2.45) is 5.41 Å². The predicted octanol–water partition coefficient (Wildman–Crippen LogP) is 5.96. The van der Waals surface area contributed by atoms with Crippen molar-refractivity contribution < 1.29 is 27.5 Å². The number of sulfonamides is 1. The van der Waals surface area contributed by atoms with Crippen LogP contribution in [-0.2, 0) is 27.8 Å². The molecule has 0 radical (unpaired) electrons. The highest BCUT2D eigenvalue weighted by atomic mass is 32.2. The van der Waals surface area contributed by atoms with Crippen LogP contribution >= 0.6 is 0 Å². The number of furan rings is 1. The van der Waals surface area contributed by atoms with E-state index in [1.807, 2.05) is 59.5 Å². The molecule has 0 bridgehead atoms. The van der Waals surface area contributed by atoms with Crippen molar-refractivity contribution in [1.29, 1.82) is 0 Å². The van der Waals surface area contributed by atoms with E-state index in [4.69, 9.17) is 4.42 Å². The van der Waals surface area contributed by atoms with Gasteiger partial charge in [0.05, 0.1) is 4.90 Å². The minimum atomic E-state index is -4.00. The first-order valence-electron chi connectivity index (χ1n) is 15.2. The van der Waals surface area contributed by atoms with E-state index in [1.54, 1.807) is 6.92 Å². The number of hydrogen-bond donors (Lipinski definition) is 1. The van der Waals surface area contributed by atoms with Crippen molar-refractivity contribution in [2.75, 3.05) is 37.6 Å². The summed E-state index contributed by atoms with van der Waals surface area (Å²) in [6.07, 6.45) is 1.02. The van der Waals surface area contributed by atoms with Gasteiger partial charge in [-0.15, -0.1) is 0 Å². The van der Waals surface area contributed by atoms with Gasteiger partial charge < -0.3 is 19.3 Å². The van der Waals surface area contributed by atoms with Gasteiger partial charge in [0.1, 0.15) is 5.58 Å². The SMILES string of the molecule is Cc1c(C(=O)O)oc2ccc(S(=O)(=O)N(CCc3ccccc3)Cc3ccccc3N3CCN(C(=O)CC(C)(C)C)CC3)cc12. The summed E-state index contributed by atoms with van der Waals surface area (Å²) in [5.74, 6) is -1.24. The number of para-hydroxylation sites is 1. The van der Waals surface area contributed by atoms with Gasteiger partial charge in [-0.2, -0.15) is 4.31 Å². The molecule has 10 heteroatoms. The van der Waals surface area contributed by atoms with Gasteiger partial charge in [-0.1, -0.05) is 69.3 Å². The lowest BCUT2D eigenvalue weighted by atomic mass is 9.91. The number of fused-ring (bicyclic) bond motifs is 1. The third-order valence-corrected chi connectivity index (χ3v) is 10.1. The predicted molar refractivity (Wildman–Crippen MR) is 175 cm³/mol. The second-order valence-corrected chi connectivity index (χ2v) is 14.8. The molecule has 0 saturated carbocycles. The molecule has 1 N–H and O–H groups in total. The van der Waals surface area contributed by atoms with Gasteiger partial charge in [0.25, 0.3) is 0 Å². The Balaban J connectivity index is 1.43. The number of nitrogens with zero attached hydrogens (tertiary/aromatic N) is 3. The number of piperazine rings is 1. The lowest BCUT2D eigenvalue weighted by Crippen LogP contribution is -2.49. The number of aromatic carboxylic acids is 1. The average molecular weight is 632 g/mol. The summed E-state index contributed by atoms with van der Waals surface area (Å²) in [5.41, 5.74) is 3.48. The zero-order valence-corrected chi connectivity index (χ0v) is 27.1. The van der Waals surface area contributed by atoms with Crippen LogP contribution in [0.3, 0.4) is 0 Å². The summed E-state index contributed by atoms with van der Waals surface area (Å²) in [6, 6.07) is 22.1. The molecule has 4 aromatic rings. The standard InChI is InChI=1S/C35H41N3O6S/c1-25-29-22-28(14-15-31(29)44-33(25)34(40)41)45(42,43)38(17-16-26-10-6-5-7-11-26)24-27-12-8-9-13-30(27)36-18-20-37(21-19-36)32(39)23-35(2,3)4/h5-15,22H,16-21,23-24H2,1-4H3,(H,40,41). The molecule has 5 rings (SSSR count). The number of rotatable bonds is 10. The zero-order valence-electron chi connectivity index (χ0n) is 26.3. The Labute approximate surface area is 265 Å². The van der Waals surface area contributed by atoms with Crippen LogP contribution in [0.1, 0.15) is 54.4 Å². The van der Waals surface area contributed by atoms with Crippen molar-refractivity contribution in [3.63, 3.8) is 0 Å². The zero-order chi connectivity index (χ0) is 32.4. The monoisotopic (exact) mass is 631 g/mol. The number of hydrogen-bond acceptors (Lipinski definition) is 6. The van der Waals surface area contributed by atoms with Gasteiger partial charge in [0, 0.05) is 62.3 Å². The van der Waals surface area contributed by atoms with Gasteiger partial charge in [-0.25, -0.2) is 13.2 Å². The number of benzene rings is 3. The third kappa shape index (κ3) is 7.40. The highest BCUT2D eigenvalue weighted by Crippen LogP contribution is 2.31. The first-order valence-corrected chi connectivity index (χ1v) is 16.7. The molecule has 3 aromatic carbocycles. The molecule has 0 atom stereocenters. The summed E-state index contributed by atoms with van der Waals surface area (Å²) < 4.78 is 35.6. The van der Waals surface area contributed by atoms with E-state index in [0.29, 0.717) is 55.6 Å². The maximum Gasteiger partial charge on any atom is 0.372 e. The molecule has 1 aromatic heterocycles. The Morgan fingerprint density at radius 2 is 1.60 bits per heavy atom. The fraction of sp³-hybridized carbons (Fsp3) is 0.371. The number of carboxylic acid groups (broad SMARTS) is 1. The van der Waals surface area contributed by atoms with Crippen molar-refractivity contribution in [3.8, 4) is 0 Å². The van der Waals surface area contributed by atoms with Crippen LogP contribution in [0.5, 0.6) is 0 Å². The summed E-state index contributed by atoms with van der Waals surface area (Å²) >= 11 is 0. The fourth-order valence-corrected chi connectivity index (χ4v) is 7.25. The van der Waals surface area contributed by atoms with Crippen molar-refractivity contribution in [2.45, 2.75) is 52.0 Å². The lowest BCUT2D eigenvalue weighted by molar-refractivity contribution is -0.133. The van der Waals surface area contributed by atoms with Crippen LogP contribution in [-0.4, -0.2) is 67.3 Å². The molecule has 1 amide bonds. The van der Waals surface area contributed by atoms with E-state index >= 15 is 0 Å². The normalized spacial score (nSPS) is 14.3. The highest BCUT2D eigenvalue weighted by molar-refractivity contribution is 7.89. The smallest absolute Gasteiger partial charge is 0.372 e. The maximum atomic E-state index is 14.3. The Morgan fingerprint density at radius 3 is 2.27 bits per heavy atom. The van der Waals surface area contributed by atoms with Gasteiger partial charge in [-0.05, 0) is 54.2 Å². The molecule has 0 unspecified atom stereocenters. The van der Waals surface area contributed by atoms with Crippen molar-refractivity contribution >= 4 is 38.6 Å². The Bertz CT molecular complexity index is 1790. The molecule has 1 aliphatic rings. The molecule has 1 fully saturated rings. The molecular formula is C35H41N3O6S. The first-order chi connectivity index (χ1) is 21.3. The average Bonchev–Trinajstić information content (AvgIpc) is 3.35. The second kappa shape index (κ2) is 13.1.